The van der Waals surface area contributed by atoms with Gasteiger partial charge in [0.25, 0.3) is 0 Å². The normalized spacial score (nSPS) is 32.5. The Morgan fingerprint density at radius 2 is 2.40 bits per heavy atom. The lowest BCUT2D eigenvalue weighted by Gasteiger charge is -2.03. The number of hydrogen-bond acceptors (Lipinski definition) is 3. The van der Waals surface area contributed by atoms with Gasteiger partial charge in [0.2, 0.25) is 0 Å². The van der Waals surface area contributed by atoms with Crippen LogP contribution < -0.4 is 5.32 Å². The fraction of sp³-hybridized carbons (Fsp3) is 0.833. The highest BCUT2D eigenvalue weighted by atomic mass is 16.4. The van der Waals surface area contributed by atoms with E-state index < -0.39 is 5.97 Å². The van der Waals surface area contributed by atoms with Crippen molar-refractivity contribution in [2.24, 2.45) is 0 Å². The number of β-amino-alcohol motifs (C(OH)–C–C–N with tert-alkyl or cyclic N) is 1. The number of aliphatic hydroxyl groups is 1. The number of aliphatic carboxylic acids is 1. The standard InChI is InChI=1S/C6H11NO3/c8-5-1-4(7-3-5)2-6(9)10/h4-5,7-8H,1-3H2,(H,9,10)/t4-,5+/m1/s1. The maximum Gasteiger partial charge on any atom is 0.304 e. The zero-order valence-electron chi connectivity index (χ0n) is 5.58. The summed E-state index contributed by atoms with van der Waals surface area (Å²) in [7, 11) is 0. The second-order valence-electron chi connectivity index (χ2n) is 2.59. The molecule has 1 fully saturated rings. The van der Waals surface area contributed by atoms with Crippen LogP contribution in [0.15, 0.2) is 0 Å². The van der Waals surface area contributed by atoms with Gasteiger partial charge in [0.1, 0.15) is 0 Å². The summed E-state index contributed by atoms with van der Waals surface area (Å²) < 4.78 is 0. The summed E-state index contributed by atoms with van der Waals surface area (Å²) in [5.41, 5.74) is 0. The fourth-order valence-corrected chi connectivity index (χ4v) is 1.16. The van der Waals surface area contributed by atoms with Crippen molar-refractivity contribution in [1.82, 2.24) is 5.32 Å². The van der Waals surface area contributed by atoms with Crippen molar-refractivity contribution in [3.8, 4) is 0 Å². The van der Waals surface area contributed by atoms with E-state index in [0.29, 0.717) is 13.0 Å². The highest BCUT2D eigenvalue weighted by Crippen LogP contribution is 2.08. The molecule has 0 unspecified atom stereocenters. The largest absolute Gasteiger partial charge is 0.481 e. The molecule has 0 amide bonds. The van der Waals surface area contributed by atoms with Crippen LogP contribution in [0.1, 0.15) is 12.8 Å². The number of carbonyl (C=O) groups is 1. The lowest BCUT2D eigenvalue weighted by atomic mass is 10.1. The van der Waals surface area contributed by atoms with E-state index in [-0.39, 0.29) is 18.6 Å². The molecule has 4 nitrogen and oxygen atoms in total. The van der Waals surface area contributed by atoms with Crippen LogP contribution in [0.5, 0.6) is 0 Å². The molecule has 0 aromatic carbocycles. The summed E-state index contributed by atoms with van der Waals surface area (Å²) in [4.78, 5) is 10.1. The molecule has 3 N–H and O–H groups in total. The Balaban J connectivity index is 2.24. The van der Waals surface area contributed by atoms with Crippen molar-refractivity contribution in [3.05, 3.63) is 0 Å². The van der Waals surface area contributed by atoms with Crippen LogP contribution in [0.3, 0.4) is 0 Å². The van der Waals surface area contributed by atoms with Gasteiger partial charge in [-0.3, -0.25) is 4.79 Å². The van der Waals surface area contributed by atoms with Crippen LogP contribution in [-0.2, 0) is 4.79 Å². The van der Waals surface area contributed by atoms with Crippen LogP contribution in [0.2, 0.25) is 0 Å². The summed E-state index contributed by atoms with van der Waals surface area (Å²) in [6.45, 7) is 0.526. The van der Waals surface area contributed by atoms with Gasteiger partial charge in [0, 0.05) is 12.6 Å². The van der Waals surface area contributed by atoms with Gasteiger partial charge in [0.15, 0.2) is 0 Å². The van der Waals surface area contributed by atoms with Crippen molar-refractivity contribution >= 4 is 5.97 Å². The van der Waals surface area contributed by atoms with Gasteiger partial charge in [-0.25, -0.2) is 0 Å². The Kier molecular flexibility index (Phi) is 2.24. The summed E-state index contributed by atoms with van der Waals surface area (Å²) in [5.74, 6) is -0.813. The van der Waals surface area contributed by atoms with E-state index >= 15 is 0 Å². The van der Waals surface area contributed by atoms with Crippen LogP contribution in [0, 0.1) is 0 Å². The van der Waals surface area contributed by atoms with Crippen molar-refractivity contribution in [3.63, 3.8) is 0 Å². The van der Waals surface area contributed by atoms with Crippen LogP contribution >= 0.6 is 0 Å². The van der Waals surface area contributed by atoms with Crippen LogP contribution in [-0.4, -0.2) is 34.9 Å². The molecule has 0 aromatic rings. The quantitative estimate of drug-likeness (QED) is 0.475. The van der Waals surface area contributed by atoms with Crippen molar-refractivity contribution < 1.29 is 15.0 Å². The molecule has 0 saturated carbocycles. The van der Waals surface area contributed by atoms with E-state index in [9.17, 15) is 4.79 Å². The van der Waals surface area contributed by atoms with Gasteiger partial charge in [-0.05, 0) is 6.42 Å². The number of nitrogens with one attached hydrogen (secondary N) is 1. The van der Waals surface area contributed by atoms with E-state index in [1.54, 1.807) is 0 Å². The molecule has 0 bridgehead atoms. The van der Waals surface area contributed by atoms with Gasteiger partial charge in [-0.1, -0.05) is 0 Å². The minimum Gasteiger partial charge on any atom is -0.481 e. The molecular formula is C6H11NO3. The first kappa shape index (κ1) is 7.50. The van der Waals surface area contributed by atoms with Crippen LogP contribution in [0.25, 0.3) is 0 Å². The zero-order chi connectivity index (χ0) is 7.56. The average Bonchev–Trinajstić information content (AvgIpc) is 2.13. The summed E-state index contributed by atoms with van der Waals surface area (Å²) >= 11 is 0. The smallest absolute Gasteiger partial charge is 0.304 e. The number of rotatable bonds is 2. The molecule has 4 heteroatoms. The first-order valence-corrected chi connectivity index (χ1v) is 3.31. The first-order valence-electron chi connectivity index (χ1n) is 3.31. The lowest BCUT2D eigenvalue weighted by molar-refractivity contribution is -0.137. The Morgan fingerprint density at radius 1 is 1.70 bits per heavy atom. The highest BCUT2D eigenvalue weighted by Gasteiger charge is 2.23. The zero-order valence-corrected chi connectivity index (χ0v) is 5.58. The monoisotopic (exact) mass is 145 g/mol. The molecule has 2 atom stereocenters. The second-order valence-corrected chi connectivity index (χ2v) is 2.59. The van der Waals surface area contributed by atoms with E-state index in [1.807, 2.05) is 0 Å². The molecule has 58 valence electrons. The Bertz CT molecular complexity index is 137. The molecule has 1 heterocycles. The molecule has 1 rings (SSSR count). The molecule has 0 aliphatic carbocycles. The summed E-state index contributed by atoms with van der Waals surface area (Å²) in [6.07, 6.45) is 0.313. The van der Waals surface area contributed by atoms with Gasteiger partial charge >= 0.3 is 5.97 Å². The van der Waals surface area contributed by atoms with E-state index in [1.165, 1.54) is 0 Å². The lowest BCUT2D eigenvalue weighted by Crippen LogP contribution is -2.24. The van der Waals surface area contributed by atoms with E-state index in [0.717, 1.165) is 0 Å². The minimum atomic E-state index is -0.813. The molecule has 0 spiro atoms. The average molecular weight is 145 g/mol. The molecule has 0 aromatic heterocycles. The highest BCUT2D eigenvalue weighted by molar-refractivity contribution is 5.67. The predicted molar refractivity (Wildman–Crippen MR) is 34.7 cm³/mol. The van der Waals surface area contributed by atoms with E-state index in [2.05, 4.69) is 5.32 Å². The number of aliphatic hydroxyl groups excluding tert-OH is 1. The van der Waals surface area contributed by atoms with Gasteiger partial charge in [-0.2, -0.15) is 0 Å². The molecule has 0 radical (unpaired) electrons. The Morgan fingerprint density at radius 3 is 2.80 bits per heavy atom. The molecule has 1 aliphatic heterocycles. The molecule has 1 aliphatic rings. The third-order valence-corrected chi connectivity index (χ3v) is 1.62. The van der Waals surface area contributed by atoms with Gasteiger partial charge in [0.05, 0.1) is 12.5 Å². The Labute approximate surface area is 58.9 Å². The molecule has 1 saturated heterocycles. The van der Waals surface area contributed by atoms with Crippen LogP contribution in [0.4, 0.5) is 0 Å². The maximum absolute atomic E-state index is 10.1. The molecule has 10 heavy (non-hydrogen) atoms. The number of hydrogen-bond donors (Lipinski definition) is 3. The maximum atomic E-state index is 10.1. The van der Waals surface area contributed by atoms with Crippen molar-refractivity contribution in [2.75, 3.05) is 6.54 Å². The first-order chi connectivity index (χ1) is 4.68. The van der Waals surface area contributed by atoms with Crippen molar-refractivity contribution in [1.29, 1.82) is 0 Å². The van der Waals surface area contributed by atoms with Gasteiger partial charge in [-0.15, -0.1) is 0 Å². The SMILES string of the molecule is O=C(O)C[C@H]1C[C@H](O)CN1. The number of carboxylic acid groups (broad SMARTS) is 1. The third-order valence-electron chi connectivity index (χ3n) is 1.62. The van der Waals surface area contributed by atoms with Gasteiger partial charge < -0.3 is 15.5 Å². The fourth-order valence-electron chi connectivity index (χ4n) is 1.16. The van der Waals surface area contributed by atoms with Crippen molar-refractivity contribution in [2.45, 2.75) is 25.0 Å². The minimum absolute atomic E-state index is 0.0347. The number of carboxylic acids is 1. The topological polar surface area (TPSA) is 69.6 Å². The predicted octanol–water partition coefficient (Wildman–Crippen LogP) is -0.816. The Hall–Kier alpha value is -0.610. The summed E-state index contributed by atoms with van der Waals surface area (Å²) in [5, 5.41) is 20.2. The van der Waals surface area contributed by atoms with E-state index in [4.69, 9.17) is 10.2 Å². The summed E-state index contributed by atoms with van der Waals surface area (Å²) in [6, 6.07) is -0.0347. The second kappa shape index (κ2) is 2.98. The molecular weight excluding hydrogens is 134 g/mol. The third kappa shape index (κ3) is 1.97.